The van der Waals surface area contributed by atoms with Crippen LogP contribution in [0.3, 0.4) is 0 Å². The zero-order valence-electron chi connectivity index (χ0n) is 16.3. The third kappa shape index (κ3) is 5.81. The molecule has 2 N–H and O–H groups in total. The van der Waals surface area contributed by atoms with Crippen LogP contribution in [0.1, 0.15) is 4.88 Å². The molecule has 1 amide bonds. The Morgan fingerprint density at radius 3 is 2.60 bits per heavy atom. The first kappa shape index (κ1) is 21.3. The van der Waals surface area contributed by atoms with Gasteiger partial charge in [0, 0.05) is 54.4 Å². The van der Waals surface area contributed by atoms with Crippen molar-refractivity contribution in [2.24, 2.45) is 0 Å². The van der Waals surface area contributed by atoms with Gasteiger partial charge in [0.05, 0.1) is 6.54 Å². The lowest BCUT2D eigenvalue weighted by molar-refractivity contribution is -0.123. The number of thiophene rings is 1. The number of amides is 1. The monoisotopic (exact) mass is 431 g/mol. The first-order chi connectivity index (χ1) is 14.6. The quantitative estimate of drug-likeness (QED) is 0.569. The summed E-state index contributed by atoms with van der Waals surface area (Å²) in [7, 11) is 0. The summed E-state index contributed by atoms with van der Waals surface area (Å²) >= 11 is 1.61. The van der Waals surface area contributed by atoms with Gasteiger partial charge >= 0.3 is 6.01 Å². The number of aromatic nitrogens is 4. The topological polar surface area (TPSA) is 138 Å². The summed E-state index contributed by atoms with van der Waals surface area (Å²) in [6, 6.07) is 3.89. The fourth-order valence-electron chi connectivity index (χ4n) is 2.87. The second-order valence-electron chi connectivity index (χ2n) is 6.32. The first-order valence-electron chi connectivity index (χ1n) is 9.10. The van der Waals surface area contributed by atoms with E-state index in [4.69, 9.17) is 14.3 Å². The van der Waals surface area contributed by atoms with Crippen molar-refractivity contribution in [2.75, 3.05) is 42.9 Å². The van der Waals surface area contributed by atoms with E-state index in [1.807, 2.05) is 18.4 Å². The number of carboxylic acid groups (broad SMARTS) is 1. The number of rotatable bonds is 5. The Morgan fingerprint density at radius 2 is 1.97 bits per heavy atom. The highest BCUT2D eigenvalue weighted by molar-refractivity contribution is 7.10. The highest BCUT2D eigenvalue weighted by Crippen LogP contribution is 2.25. The Kier molecular flexibility index (Phi) is 7.40. The van der Waals surface area contributed by atoms with Crippen LogP contribution in [0, 0.1) is 6.92 Å². The van der Waals surface area contributed by atoms with Crippen molar-refractivity contribution in [3.63, 3.8) is 0 Å². The van der Waals surface area contributed by atoms with Crippen LogP contribution in [0.5, 0.6) is 0 Å². The third-order valence-corrected chi connectivity index (χ3v) is 5.08. The lowest BCUT2D eigenvalue weighted by atomic mass is 10.3. The van der Waals surface area contributed by atoms with Crippen LogP contribution in [0.4, 0.5) is 12.0 Å². The summed E-state index contributed by atoms with van der Waals surface area (Å²) in [6.45, 7) is 5.11. The van der Waals surface area contributed by atoms with Crippen LogP contribution in [0.15, 0.2) is 34.3 Å². The van der Waals surface area contributed by atoms with E-state index in [-0.39, 0.29) is 24.9 Å². The van der Waals surface area contributed by atoms with E-state index < -0.39 is 0 Å². The van der Waals surface area contributed by atoms with Gasteiger partial charge in [-0.15, -0.1) is 16.4 Å². The van der Waals surface area contributed by atoms with Gasteiger partial charge in [0.2, 0.25) is 11.9 Å². The minimum atomic E-state index is -0.250. The van der Waals surface area contributed by atoms with E-state index in [1.165, 1.54) is 0 Å². The van der Waals surface area contributed by atoms with Crippen molar-refractivity contribution in [2.45, 2.75) is 6.92 Å². The lowest BCUT2D eigenvalue weighted by Crippen LogP contribution is -2.49. The minimum absolute atomic E-state index is 0.121. The van der Waals surface area contributed by atoms with Crippen LogP contribution in [-0.2, 0) is 9.59 Å². The molecular weight excluding hydrogens is 410 g/mol. The molecule has 0 bridgehead atoms. The molecule has 11 nitrogen and oxygen atoms in total. The number of carbonyl (C=O) groups is 2. The average molecular weight is 431 g/mol. The highest BCUT2D eigenvalue weighted by Gasteiger charge is 2.21. The molecule has 30 heavy (non-hydrogen) atoms. The SMILES string of the molecule is Cc1cc(-c2nnc(NC(=O)CN3CCN(c4ncccn4)CC3)o2)cs1.O=CO. The van der Waals surface area contributed by atoms with Gasteiger partial charge in [-0.25, -0.2) is 9.97 Å². The molecule has 3 aromatic rings. The maximum absolute atomic E-state index is 12.3. The van der Waals surface area contributed by atoms with Crippen molar-refractivity contribution < 1.29 is 19.1 Å². The number of nitrogens with one attached hydrogen (secondary N) is 1. The van der Waals surface area contributed by atoms with Gasteiger partial charge in [-0.3, -0.25) is 19.8 Å². The van der Waals surface area contributed by atoms with Crippen molar-refractivity contribution in [3.05, 3.63) is 34.8 Å². The number of carbonyl (C=O) groups excluding carboxylic acids is 1. The van der Waals surface area contributed by atoms with Gasteiger partial charge in [0.25, 0.3) is 12.4 Å². The Bertz CT molecular complexity index is 954. The molecule has 0 aliphatic carbocycles. The fourth-order valence-corrected chi connectivity index (χ4v) is 3.55. The van der Waals surface area contributed by atoms with E-state index in [0.717, 1.165) is 42.6 Å². The lowest BCUT2D eigenvalue weighted by Gasteiger charge is -2.34. The van der Waals surface area contributed by atoms with Crippen LogP contribution >= 0.6 is 11.3 Å². The predicted molar refractivity (Wildman–Crippen MR) is 110 cm³/mol. The molecule has 3 aromatic heterocycles. The fraction of sp³-hybridized carbons (Fsp3) is 0.333. The zero-order chi connectivity index (χ0) is 21.3. The number of anilines is 2. The molecular formula is C18H21N7O4S. The van der Waals surface area contributed by atoms with Crippen LogP contribution in [0.25, 0.3) is 11.5 Å². The highest BCUT2D eigenvalue weighted by atomic mass is 32.1. The normalized spacial score (nSPS) is 14.0. The smallest absolute Gasteiger partial charge is 0.322 e. The molecule has 0 saturated carbocycles. The van der Waals surface area contributed by atoms with Crippen LogP contribution in [-0.4, -0.2) is 75.3 Å². The second kappa shape index (κ2) is 10.4. The molecule has 4 heterocycles. The summed E-state index contributed by atoms with van der Waals surface area (Å²) in [6.07, 6.45) is 3.47. The first-order valence-corrected chi connectivity index (χ1v) is 9.98. The standard InChI is InChI=1S/C17H19N7O2S.CH2O2/c1-12-9-13(11-27-12)15-21-22-17(26-15)20-14(25)10-23-5-7-24(8-6-23)16-18-3-2-4-19-16;2-1-3/h2-4,9,11H,5-8,10H2,1H3,(H,20,22,25);1H,(H,2,3). The van der Waals surface area contributed by atoms with Crippen LogP contribution < -0.4 is 10.2 Å². The van der Waals surface area contributed by atoms with Gasteiger partial charge < -0.3 is 14.4 Å². The third-order valence-electron chi connectivity index (χ3n) is 4.22. The predicted octanol–water partition coefficient (Wildman–Crippen LogP) is 1.36. The Labute approximate surface area is 176 Å². The molecule has 1 aliphatic heterocycles. The van der Waals surface area contributed by atoms with E-state index >= 15 is 0 Å². The molecule has 12 heteroatoms. The average Bonchev–Trinajstić information content (AvgIpc) is 3.39. The minimum Gasteiger partial charge on any atom is -0.483 e. The number of piperazine rings is 1. The number of hydrogen-bond acceptors (Lipinski definition) is 10. The van der Waals surface area contributed by atoms with Gasteiger partial charge in [-0.2, -0.15) is 0 Å². The number of aryl methyl sites for hydroxylation is 1. The summed E-state index contributed by atoms with van der Waals surface area (Å²) in [4.78, 5) is 34.5. The molecule has 1 aliphatic rings. The summed E-state index contributed by atoms with van der Waals surface area (Å²) in [5.74, 6) is 0.964. The maximum atomic E-state index is 12.3. The van der Waals surface area contributed by atoms with Gasteiger partial charge in [0.1, 0.15) is 0 Å². The molecule has 0 radical (unpaired) electrons. The van der Waals surface area contributed by atoms with Crippen LogP contribution in [0.2, 0.25) is 0 Å². The number of hydrogen-bond donors (Lipinski definition) is 2. The molecule has 1 fully saturated rings. The van der Waals surface area contributed by atoms with E-state index in [1.54, 1.807) is 29.8 Å². The van der Waals surface area contributed by atoms with E-state index in [0.29, 0.717) is 5.89 Å². The van der Waals surface area contributed by atoms with Gasteiger partial charge in [-0.05, 0) is 19.1 Å². The molecule has 1 saturated heterocycles. The van der Waals surface area contributed by atoms with E-state index in [2.05, 4.69) is 35.3 Å². The molecule has 0 spiro atoms. The summed E-state index contributed by atoms with van der Waals surface area (Å²) in [5.41, 5.74) is 0.866. The zero-order valence-corrected chi connectivity index (χ0v) is 17.1. The summed E-state index contributed by atoms with van der Waals surface area (Å²) < 4.78 is 5.53. The van der Waals surface area contributed by atoms with Gasteiger partial charge in [0.15, 0.2) is 0 Å². The second-order valence-corrected chi connectivity index (χ2v) is 7.44. The Hall–Kier alpha value is -3.38. The Morgan fingerprint density at radius 1 is 1.27 bits per heavy atom. The van der Waals surface area contributed by atoms with Crippen molar-refractivity contribution in [3.8, 4) is 11.5 Å². The molecule has 0 aromatic carbocycles. The summed E-state index contributed by atoms with van der Waals surface area (Å²) in [5, 5.41) is 19.4. The Balaban J connectivity index is 0.000000806. The van der Waals surface area contributed by atoms with Crippen molar-refractivity contribution in [1.82, 2.24) is 25.1 Å². The molecule has 4 rings (SSSR count). The largest absolute Gasteiger partial charge is 0.483 e. The van der Waals surface area contributed by atoms with Crippen molar-refractivity contribution in [1.29, 1.82) is 0 Å². The maximum Gasteiger partial charge on any atom is 0.322 e. The van der Waals surface area contributed by atoms with Gasteiger partial charge in [-0.1, -0.05) is 5.10 Å². The van der Waals surface area contributed by atoms with E-state index in [9.17, 15) is 4.79 Å². The molecule has 0 unspecified atom stereocenters. The number of nitrogens with zero attached hydrogens (tertiary/aromatic N) is 6. The molecule has 0 atom stereocenters. The van der Waals surface area contributed by atoms with Crippen molar-refractivity contribution >= 4 is 35.7 Å². The molecule has 158 valence electrons.